The summed E-state index contributed by atoms with van der Waals surface area (Å²) >= 11 is 6.58. The van der Waals surface area contributed by atoms with Gasteiger partial charge in [0.05, 0.1) is 10.5 Å². The lowest BCUT2D eigenvalue weighted by Gasteiger charge is -2.21. The zero-order valence-electron chi connectivity index (χ0n) is 15.1. The van der Waals surface area contributed by atoms with E-state index in [-0.39, 0.29) is 17.5 Å². The number of fused-ring (bicyclic) bond motifs is 1. The lowest BCUT2D eigenvalue weighted by molar-refractivity contribution is -0.123. The lowest BCUT2D eigenvalue weighted by atomic mass is 10.2. The number of thioether (sulfide) groups is 1. The first-order chi connectivity index (χ1) is 13.0. The first-order valence-corrected chi connectivity index (χ1v) is 9.83. The van der Waals surface area contributed by atoms with Gasteiger partial charge in [0.15, 0.2) is 0 Å². The molecule has 0 radical (unpaired) electrons. The van der Waals surface area contributed by atoms with Crippen LogP contribution in [0.4, 0.5) is 5.82 Å². The molecule has 8 heteroatoms. The largest absolute Gasteiger partial charge is 0.366 e. The Balaban J connectivity index is 2.13. The van der Waals surface area contributed by atoms with Gasteiger partial charge in [0, 0.05) is 18.8 Å². The number of nitrogens with one attached hydrogen (secondary N) is 1. The van der Waals surface area contributed by atoms with Crippen molar-refractivity contribution >= 4 is 51.7 Å². The fourth-order valence-corrected chi connectivity index (χ4v) is 4.15. The second-order valence-electron chi connectivity index (χ2n) is 6.09. The molecule has 2 aromatic heterocycles. The predicted molar refractivity (Wildman–Crippen MR) is 115 cm³/mol. The van der Waals surface area contributed by atoms with Gasteiger partial charge in [-0.3, -0.25) is 18.9 Å². The Labute approximate surface area is 167 Å². The van der Waals surface area contributed by atoms with E-state index in [0.29, 0.717) is 32.8 Å². The molecule has 1 amide bonds. The number of rotatable bonds is 6. The Kier molecular flexibility index (Phi) is 5.76. The number of carbonyl (C=O) groups excluding carboxylic acids is 1. The SMILES string of the molecule is C=CCNc1nc2ccccn2c(=O)c1/C=C1\SC(=S)N([C@@H](C)CC)C1=O. The molecule has 1 fully saturated rings. The van der Waals surface area contributed by atoms with Crippen LogP contribution in [-0.4, -0.2) is 37.1 Å². The minimum atomic E-state index is -0.249. The summed E-state index contributed by atoms with van der Waals surface area (Å²) in [4.78, 5) is 32.4. The Morgan fingerprint density at radius 2 is 2.19 bits per heavy atom. The second kappa shape index (κ2) is 8.06. The molecule has 0 spiro atoms. The van der Waals surface area contributed by atoms with Crippen molar-refractivity contribution in [3.8, 4) is 0 Å². The monoisotopic (exact) mass is 400 g/mol. The molecule has 0 aliphatic carbocycles. The molecule has 27 heavy (non-hydrogen) atoms. The van der Waals surface area contributed by atoms with Crippen LogP contribution in [0.15, 0.2) is 46.8 Å². The Morgan fingerprint density at radius 3 is 2.89 bits per heavy atom. The number of nitrogens with zero attached hydrogens (tertiary/aromatic N) is 3. The number of pyridine rings is 1. The third-order valence-corrected chi connectivity index (χ3v) is 5.64. The van der Waals surface area contributed by atoms with Crippen molar-refractivity contribution in [2.24, 2.45) is 0 Å². The average Bonchev–Trinajstić information content (AvgIpc) is 2.95. The molecular weight excluding hydrogens is 380 g/mol. The van der Waals surface area contributed by atoms with E-state index in [4.69, 9.17) is 12.2 Å². The van der Waals surface area contributed by atoms with Crippen LogP contribution in [0.2, 0.25) is 0 Å². The van der Waals surface area contributed by atoms with Gasteiger partial charge in [-0.15, -0.1) is 6.58 Å². The summed E-state index contributed by atoms with van der Waals surface area (Å²) < 4.78 is 1.97. The summed E-state index contributed by atoms with van der Waals surface area (Å²) in [5.41, 5.74) is 0.601. The van der Waals surface area contributed by atoms with Crippen LogP contribution >= 0.6 is 24.0 Å². The smallest absolute Gasteiger partial charge is 0.267 e. The third-order valence-electron chi connectivity index (χ3n) is 4.31. The summed E-state index contributed by atoms with van der Waals surface area (Å²) in [5, 5.41) is 3.09. The zero-order valence-corrected chi connectivity index (χ0v) is 16.8. The van der Waals surface area contributed by atoms with Crippen molar-refractivity contribution in [3.05, 3.63) is 57.9 Å². The van der Waals surface area contributed by atoms with Gasteiger partial charge in [-0.2, -0.15) is 0 Å². The molecule has 3 heterocycles. The van der Waals surface area contributed by atoms with E-state index in [1.807, 2.05) is 19.9 Å². The van der Waals surface area contributed by atoms with Gasteiger partial charge in [-0.05, 0) is 31.6 Å². The van der Waals surface area contributed by atoms with E-state index in [9.17, 15) is 9.59 Å². The number of amides is 1. The van der Waals surface area contributed by atoms with Crippen LogP contribution in [0, 0.1) is 0 Å². The van der Waals surface area contributed by atoms with Gasteiger partial charge in [-0.1, -0.05) is 43.0 Å². The molecule has 1 saturated heterocycles. The number of carbonyl (C=O) groups is 1. The van der Waals surface area contributed by atoms with Crippen molar-refractivity contribution in [1.82, 2.24) is 14.3 Å². The molecule has 3 rings (SSSR count). The van der Waals surface area contributed by atoms with Crippen molar-refractivity contribution in [2.75, 3.05) is 11.9 Å². The van der Waals surface area contributed by atoms with Crippen LogP contribution in [0.3, 0.4) is 0 Å². The summed E-state index contributed by atoms with van der Waals surface area (Å²) in [5.74, 6) is 0.242. The predicted octanol–water partition coefficient (Wildman–Crippen LogP) is 3.29. The number of thiocarbonyl (C=S) groups is 1. The average molecular weight is 401 g/mol. The standard InChI is InChI=1S/C19H20N4O2S2/c1-4-9-20-16-13(17(24)22-10-7-6-8-15(22)21-16)11-14-18(25)23(12(3)5-2)19(26)27-14/h4,6-8,10-12,20H,1,5,9H2,2-3H3/b14-11-/t12-/m0/s1. The van der Waals surface area contributed by atoms with E-state index in [0.717, 1.165) is 6.42 Å². The fourth-order valence-electron chi connectivity index (χ4n) is 2.71. The van der Waals surface area contributed by atoms with Gasteiger partial charge in [0.25, 0.3) is 11.5 Å². The Hall–Kier alpha value is -2.45. The highest BCUT2D eigenvalue weighted by atomic mass is 32.2. The highest BCUT2D eigenvalue weighted by molar-refractivity contribution is 8.26. The second-order valence-corrected chi connectivity index (χ2v) is 7.76. The fraction of sp³-hybridized carbons (Fsp3) is 0.263. The Bertz CT molecular complexity index is 1010. The molecule has 0 aromatic carbocycles. The van der Waals surface area contributed by atoms with E-state index in [1.54, 1.807) is 35.4 Å². The third kappa shape index (κ3) is 3.68. The summed E-state index contributed by atoms with van der Waals surface area (Å²) in [7, 11) is 0. The maximum absolute atomic E-state index is 13.0. The van der Waals surface area contributed by atoms with Gasteiger partial charge < -0.3 is 5.32 Å². The van der Waals surface area contributed by atoms with Crippen molar-refractivity contribution < 1.29 is 4.79 Å². The Morgan fingerprint density at radius 1 is 1.41 bits per heavy atom. The summed E-state index contributed by atoms with van der Waals surface area (Å²) in [6, 6.07) is 5.35. The summed E-state index contributed by atoms with van der Waals surface area (Å²) in [6.07, 6.45) is 5.72. The molecule has 0 saturated carbocycles. The van der Waals surface area contributed by atoms with E-state index < -0.39 is 0 Å². The van der Waals surface area contributed by atoms with Gasteiger partial charge in [0.2, 0.25) is 0 Å². The number of hydrogen-bond donors (Lipinski definition) is 1. The quantitative estimate of drug-likeness (QED) is 0.456. The van der Waals surface area contributed by atoms with Crippen molar-refractivity contribution in [2.45, 2.75) is 26.3 Å². The highest BCUT2D eigenvalue weighted by Crippen LogP contribution is 2.34. The van der Waals surface area contributed by atoms with E-state index in [1.165, 1.54) is 16.2 Å². The first kappa shape index (κ1) is 19.3. The number of anilines is 1. The van der Waals surface area contributed by atoms with Gasteiger partial charge >= 0.3 is 0 Å². The molecule has 6 nitrogen and oxygen atoms in total. The molecule has 1 N–H and O–H groups in total. The number of hydrogen-bond acceptors (Lipinski definition) is 6. The first-order valence-electron chi connectivity index (χ1n) is 8.61. The summed E-state index contributed by atoms with van der Waals surface area (Å²) in [6.45, 7) is 8.09. The highest BCUT2D eigenvalue weighted by Gasteiger charge is 2.35. The minimum Gasteiger partial charge on any atom is -0.366 e. The number of aromatic nitrogens is 2. The van der Waals surface area contributed by atoms with Crippen LogP contribution in [-0.2, 0) is 4.79 Å². The molecule has 0 bridgehead atoms. The molecule has 1 aliphatic heterocycles. The molecule has 2 aromatic rings. The van der Waals surface area contributed by atoms with Gasteiger partial charge in [-0.25, -0.2) is 4.98 Å². The maximum Gasteiger partial charge on any atom is 0.267 e. The molecule has 1 atom stereocenters. The van der Waals surface area contributed by atoms with Crippen molar-refractivity contribution in [3.63, 3.8) is 0 Å². The van der Waals surface area contributed by atoms with Crippen molar-refractivity contribution in [1.29, 1.82) is 0 Å². The van der Waals surface area contributed by atoms with E-state index >= 15 is 0 Å². The minimum absolute atomic E-state index is 0.0117. The molecule has 1 aliphatic rings. The molecule has 140 valence electrons. The maximum atomic E-state index is 13.0. The topological polar surface area (TPSA) is 66.7 Å². The lowest BCUT2D eigenvalue weighted by Crippen LogP contribution is -2.36. The van der Waals surface area contributed by atoms with Crippen LogP contribution in [0.5, 0.6) is 0 Å². The van der Waals surface area contributed by atoms with E-state index in [2.05, 4.69) is 16.9 Å². The normalized spacial score (nSPS) is 17.0. The zero-order chi connectivity index (χ0) is 19.6. The molecular formula is C19H20N4O2S2. The van der Waals surface area contributed by atoms with Crippen LogP contribution in [0.25, 0.3) is 11.7 Å². The molecule has 0 unspecified atom stereocenters. The van der Waals surface area contributed by atoms with Crippen LogP contribution in [0.1, 0.15) is 25.8 Å². The van der Waals surface area contributed by atoms with Crippen LogP contribution < -0.4 is 10.9 Å². The van der Waals surface area contributed by atoms with Gasteiger partial charge in [0.1, 0.15) is 15.8 Å².